The minimum Gasteiger partial charge on any atom is -0.444 e. The predicted molar refractivity (Wildman–Crippen MR) is 123 cm³/mol. The second-order valence-corrected chi connectivity index (χ2v) is 10.6. The molecule has 2 saturated heterocycles. The monoisotopic (exact) mass is 452 g/mol. The lowest BCUT2D eigenvalue weighted by Crippen LogP contribution is -2.41. The number of carbonyl (C=O) groups is 3. The first kappa shape index (κ1) is 21.9. The van der Waals surface area contributed by atoms with Gasteiger partial charge in [-0.1, -0.05) is 12.1 Å². The lowest BCUT2D eigenvalue weighted by atomic mass is 9.88. The van der Waals surface area contributed by atoms with Gasteiger partial charge in [0.1, 0.15) is 5.60 Å². The van der Waals surface area contributed by atoms with E-state index >= 15 is 0 Å². The normalized spacial score (nSPS) is 22.5. The molecule has 0 radical (unpaired) electrons. The lowest BCUT2D eigenvalue weighted by Gasteiger charge is -2.33. The minimum absolute atomic E-state index is 0.206. The van der Waals surface area contributed by atoms with Crippen LogP contribution in [0.1, 0.15) is 88.4 Å². The number of imide groups is 1. The molecular formula is C25H32N4O4. The standard InChI is InChI=1S/C25H32N4O4/c1-25(2,3)33-24(32)28-12-10-15(11-13-28)16-4-7-18-20(14-16)29(17-5-6-17)27-22(18)19-8-9-21(30)26-23(19)31/h4,7,14-15,17,19H,5-6,8-13H2,1-3H3,(H,26,30,31). The molecule has 3 aliphatic rings. The molecule has 1 aromatic heterocycles. The number of rotatable bonds is 3. The molecule has 8 heteroatoms. The molecule has 1 N–H and O–H groups in total. The maximum absolute atomic E-state index is 12.5. The van der Waals surface area contributed by atoms with E-state index in [1.807, 2.05) is 20.8 Å². The van der Waals surface area contributed by atoms with Crippen molar-refractivity contribution in [2.24, 2.45) is 0 Å². The Kier molecular flexibility index (Phi) is 5.41. The fourth-order valence-corrected chi connectivity index (χ4v) is 4.96. The summed E-state index contributed by atoms with van der Waals surface area (Å²) in [5.41, 5.74) is 2.63. The molecule has 1 unspecified atom stereocenters. The molecule has 1 saturated carbocycles. The summed E-state index contributed by atoms with van der Waals surface area (Å²) in [5.74, 6) is -0.461. The molecule has 176 valence electrons. The lowest BCUT2D eigenvalue weighted by molar-refractivity contribution is -0.134. The number of ether oxygens (including phenoxy) is 1. The van der Waals surface area contributed by atoms with Crippen molar-refractivity contribution in [3.05, 3.63) is 29.5 Å². The molecule has 0 spiro atoms. The van der Waals surface area contributed by atoms with E-state index in [9.17, 15) is 14.4 Å². The fourth-order valence-electron chi connectivity index (χ4n) is 4.96. The van der Waals surface area contributed by atoms with Gasteiger partial charge in [0.15, 0.2) is 0 Å². The molecule has 1 aromatic carbocycles. The van der Waals surface area contributed by atoms with Gasteiger partial charge < -0.3 is 9.64 Å². The Morgan fingerprint density at radius 1 is 1.09 bits per heavy atom. The van der Waals surface area contributed by atoms with Crippen molar-refractivity contribution >= 4 is 28.8 Å². The van der Waals surface area contributed by atoms with Gasteiger partial charge >= 0.3 is 6.09 Å². The second kappa shape index (κ2) is 8.15. The van der Waals surface area contributed by atoms with E-state index in [2.05, 4.69) is 28.2 Å². The Bertz CT molecular complexity index is 1100. The van der Waals surface area contributed by atoms with E-state index in [1.54, 1.807) is 4.90 Å². The third-order valence-corrected chi connectivity index (χ3v) is 6.84. The van der Waals surface area contributed by atoms with Crippen LogP contribution in [0.25, 0.3) is 10.9 Å². The minimum atomic E-state index is -0.486. The summed E-state index contributed by atoms with van der Waals surface area (Å²) < 4.78 is 7.61. The zero-order chi connectivity index (χ0) is 23.3. The third-order valence-electron chi connectivity index (χ3n) is 6.84. The molecule has 3 heterocycles. The van der Waals surface area contributed by atoms with Crippen molar-refractivity contribution in [3.63, 3.8) is 0 Å². The molecule has 8 nitrogen and oxygen atoms in total. The number of amides is 3. The Morgan fingerprint density at radius 2 is 1.82 bits per heavy atom. The topological polar surface area (TPSA) is 93.5 Å². The van der Waals surface area contributed by atoms with Crippen LogP contribution in [0.4, 0.5) is 4.79 Å². The van der Waals surface area contributed by atoms with Crippen LogP contribution in [0, 0.1) is 0 Å². The van der Waals surface area contributed by atoms with Gasteiger partial charge in [-0.05, 0) is 70.4 Å². The van der Waals surface area contributed by atoms with E-state index in [0.717, 1.165) is 42.3 Å². The summed E-state index contributed by atoms with van der Waals surface area (Å²) in [5, 5.41) is 8.35. The van der Waals surface area contributed by atoms with Gasteiger partial charge in [0, 0.05) is 24.9 Å². The quantitative estimate of drug-likeness (QED) is 0.711. The van der Waals surface area contributed by atoms with Crippen LogP contribution < -0.4 is 5.32 Å². The predicted octanol–water partition coefficient (Wildman–Crippen LogP) is 4.01. The summed E-state index contributed by atoms with van der Waals surface area (Å²) in [6.45, 7) is 7.03. The van der Waals surface area contributed by atoms with Gasteiger partial charge in [-0.2, -0.15) is 5.10 Å². The zero-order valence-corrected chi connectivity index (χ0v) is 19.6. The van der Waals surface area contributed by atoms with Gasteiger partial charge in [0.05, 0.1) is 23.2 Å². The van der Waals surface area contributed by atoms with E-state index < -0.39 is 5.60 Å². The van der Waals surface area contributed by atoms with Crippen LogP contribution in [0.3, 0.4) is 0 Å². The highest BCUT2D eigenvalue weighted by molar-refractivity contribution is 6.02. The molecule has 5 rings (SSSR count). The first-order chi connectivity index (χ1) is 15.7. The fraction of sp³-hybridized carbons (Fsp3) is 0.600. The number of hydrogen-bond donors (Lipinski definition) is 1. The average molecular weight is 453 g/mol. The SMILES string of the molecule is CC(C)(C)OC(=O)N1CCC(c2ccc3c(C4CCC(=O)NC4=O)nn(C4CC4)c3c2)CC1. The smallest absolute Gasteiger partial charge is 0.410 e. The van der Waals surface area contributed by atoms with Crippen molar-refractivity contribution in [2.75, 3.05) is 13.1 Å². The highest BCUT2D eigenvalue weighted by atomic mass is 16.6. The Morgan fingerprint density at radius 3 is 2.45 bits per heavy atom. The first-order valence-electron chi connectivity index (χ1n) is 12.0. The summed E-state index contributed by atoms with van der Waals surface area (Å²) in [6.07, 6.45) is 4.60. The van der Waals surface area contributed by atoms with Crippen molar-refractivity contribution in [1.29, 1.82) is 0 Å². The number of benzene rings is 1. The molecular weight excluding hydrogens is 420 g/mol. The molecule has 3 fully saturated rings. The number of aromatic nitrogens is 2. The zero-order valence-electron chi connectivity index (χ0n) is 19.6. The maximum Gasteiger partial charge on any atom is 0.410 e. The average Bonchev–Trinajstić information content (AvgIpc) is 3.53. The number of carbonyl (C=O) groups excluding carboxylic acids is 3. The van der Waals surface area contributed by atoms with Gasteiger partial charge in [-0.15, -0.1) is 0 Å². The molecule has 2 aromatic rings. The number of piperidine rings is 2. The highest BCUT2D eigenvalue weighted by Gasteiger charge is 2.35. The van der Waals surface area contributed by atoms with Crippen LogP contribution in [0.2, 0.25) is 0 Å². The molecule has 0 bridgehead atoms. The van der Waals surface area contributed by atoms with Crippen molar-refractivity contribution in [3.8, 4) is 0 Å². The number of nitrogens with one attached hydrogen (secondary N) is 1. The van der Waals surface area contributed by atoms with E-state index in [-0.39, 0.29) is 23.8 Å². The number of fused-ring (bicyclic) bond motifs is 1. The molecule has 3 amide bonds. The second-order valence-electron chi connectivity index (χ2n) is 10.6. The van der Waals surface area contributed by atoms with Gasteiger partial charge in [0.2, 0.25) is 11.8 Å². The molecule has 1 atom stereocenters. The van der Waals surface area contributed by atoms with E-state index in [4.69, 9.17) is 9.84 Å². The largest absolute Gasteiger partial charge is 0.444 e. The summed E-state index contributed by atoms with van der Waals surface area (Å²) in [4.78, 5) is 38.3. The number of hydrogen-bond acceptors (Lipinski definition) is 5. The number of nitrogens with zero attached hydrogens (tertiary/aromatic N) is 3. The van der Waals surface area contributed by atoms with Crippen molar-refractivity contribution in [2.45, 2.75) is 82.8 Å². The number of likely N-dealkylation sites (tertiary alicyclic amines) is 1. The highest BCUT2D eigenvalue weighted by Crippen LogP contribution is 2.41. The van der Waals surface area contributed by atoms with Crippen LogP contribution >= 0.6 is 0 Å². The Hall–Kier alpha value is -2.90. The Balaban J connectivity index is 1.37. The Labute approximate surface area is 193 Å². The molecule has 33 heavy (non-hydrogen) atoms. The van der Waals surface area contributed by atoms with Crippen LogP contribution in [-0.2, 0) is 14.3 Å². The first-order valence-corrected chi connectivity index (χ1v) is 12.0. The van der Waals surface area contributed by atoms with Crippen LogP contribution in [-0.4, -0.2) is 51.3 Å². The summed E-state index contributed by atoms with van der Waals surface area (Å²) in [7, 11) is 0. The maximum atomic E-state index is 12.5. The van der Waals surface area contributed by atoms with Crippen molar-refractivity contribution < 1.29 is 19.1 Å². The van der Waals surface area contributed by atoms with E-state index in [1.165, 1.54) is 5.56 Å². The van der Waals surface area contributed by atoms with Gasteiger partial charge in [0.25, 0.3) is 0 Å². The van der Waals surface area contributed by atoms with Crippen LogP contribution in [0.5, 0.6) is 0 Å². The summed E-state index contributed by atoms with van der Waals surface area (Å²) in [6, 6.07) is 6.85. The van der Waals surface area contributed by atoms with E-state index in [0.29, 0.717) is 37.9 Å². The van der Waals surface area contributed by atoms with Crippen molar-refractivity contribution in [1.82, 2.24) is 20.0 Å². The molecule has 1 aliphatic carbocycles. The van der Waals surface area contributed by atoms with Gasteiger partial charge in [-0.3, -0.25) is 19.6 Å². The van der Waals surface area contributed by atoms with Crippen LogP contribution in [0.15, 0.2) is 18.2 Å². The summed E-state index contributed by atoms with van der Waals surface area (Å²) >= 11 is 0. The third kappa shape index (κ3) is 4.48. The van der Waals surface area contributed by atoms with Gasteiger partial charge in [-0.25, -0.2) is 4.79 Å². The molecule has 2 aliphatic heterocycles.